The Morgan fingerprint density at radius 3 is 2.09 bits per heavy atom. The van der Waals surface area contributed by atoms with Gasteiger partial charge in [0.25, 0.3) is 0 Å². The summed E-state index contributed by atoms with van der Waals surface area (Å²) in [4.78, 5) is 24.2. The highest BCUT2D eigenvalue weighted by Crippen LogP contribution is 2.51. The van der Waals surface area contributed by atoms with E-state index in [4.69, 9.17) is 9.05 Å². The number of hydrogen-bond donors (Lipinski definition) is 0. The van der Waals surface area contributed by atoms with E-state index in [2.05, 4.69) is 0 Å². The molecule has 1 aromatic rings. The molecule has 2 amide bonds. The highest BCUT2D eigenvalue weighted by molar-refractivity contribution is 7.53. The molecule has 0 aliphatic carbocycles. The molecule has 0 radical (unpaired) electrons. The molecular weight excluding hydrogens is 305 g/mol. The highest BCUT2D eigenvalue weighted by atomic mass is 31.2. The van der Waals surface area contributed by atoms with Crippen LogP contribution in [-0.4, -0.2) is 25.0 Å². The number of carbonyl (C=O) groups excluding carboxylic acids is 2. The average molecular weight is 327 g/mol. The van der Waals surface area contributed by atoms with E-state index in [1.165, 1.54) is 13.8 Å². The van der Waals surface area contributed by atoms with Crippen LogP contribution in [0.5, 0.6) is 0 Å². The summed E-state index contributed by atoms with van der Waals surface area (Å²) < 4.78 is 23.0. The van der Waals surface area contributed by atoms with Crippen molar-refractivity contribution in [3.05, 3.63) is 29.8 Å². The van der Waals surface area contributed by atoms with Crippen LogP contribution in [0.25, 0.3) is 0 Å². The van der Waals surface area contributed by atoms with Crippen LogP contribution in [0.2, 0.25) is 0 Å². The first-order valence-electron chi connectivity index (χ1n) is 7.11. The maximum atomic E-state index is 12.5. The van der Waals surface area contributed by atoms with E-state index in [0.717, 1.165) is 4.90 Å². The van der Waals surface area contributed by atoms with Crippen molar-refractivity contribution >= 4 is 25.1 Å². The number of benzene rings is 1. The minimum atomic E-state index is -3.23. The van der Waals surface area contributed by atoms with Crippen molar-refractivity contribution in [2.24, 2.45) is 0 Å². The van der Waals surface area contributed by atoms with Crippen LogP contribution >= 0.6 is 7.60 Å². The second-order valence-electron chi connectivity index (χ2n) is 4.65. The quantitative estimate of drug-likeness (QED) is 0.718. The fourth-order valence-corrected chi connectivity index (χ4v) is 3.81. The predicted octanol–water partition coefficient (Wildman–Crippen LogP) is 3.35. The van der Waals surface area contributed by atoms with Gasteiger partial charge in [0.1, 0.15) is 0 Å². The third-order valence-corrected chi connectivity index (χ3v) is 4.88. The van der Waals surface area contributed by atoms with E-state index in [0.29, 0.717) is 11.3 Å². The lowest BCUT2D eigenvalue weighted by atomic mass is 10.2. The second kappa shape index (κ2) is 8.22. The number of anilines is 1. The fraction of sp³-hybridized carbons (Fsp3) is 0.467. The first kappa shape index (κ1) is 18.6. The Labute approximate surface area is 130 Å². The lowest BCUT2D eigenvalue weighted by Gasteiger charge is -2.20. The lowest BCUT2D eigenvalue weighted by Crippen LogP contribution is -2.33. The van der Waals surface area contributed by atoms with Crippen molar-refractivity contribution in [3.63, 3.8) is 0 Å². The Bertz CT molecular complexity index is 563. The number of imide groups is 1. The molecule has 122 valence electrons. The zero-order valence-electron chi connectivity index (χ0n) is 13.4. The van der Waals surface area contributed by atoms with E-state index in [1.807, 2.05) is 0 Å². The maximum Gasteiger partial charge on any atom is 0.335 e. The normalized spacial score (nSPS) is 11.3. The van der Waals surface area contributed by atoms with Gasteiger partial charge in [0, 0.05) is 13.8 Å². The van der Waals surface area contributed by atoms with Crippen molar-refractivity contribution < 1.29 is 23.2 Å². The number of amides is 2. The van der Waals surface area contributed by atoms with Gasteiger partial charge in [0.05, 0.1) is 25.1 Å². The van der Waals surface area contributed by atoms with Crippen LogP contribution in [0, 0.1) is 0 Å². The Balaban J connectivity index is 3.08. The molecule has 6 nitrogen and oxygen atoms in total. The van der Waals surface area contributed by atoms with Gasteiger partial charge in [-0.25, -0.2) is 0 Å². The third kappa shape index (κ3) is 5.05. The Kier molecular flexibility index (Phi) is 6.94. The molecule has 0 N–H and O–H groups in total. The molecule has 0 spiro atoms. The molecule has 0 aliphatic rings. The van der Waals surface area contributed by atoms with E-state index in [1.54, 1.807) is 38.1 Å². The number of nitrogens with zero attached hydrogens (tertiary/aromatic N) is 1. The maximum absolute atomic E-state index is 12.5. The van der Waals surface area contributed by atoms with E-state index in [-0.39, 0.29) is 31.2 Å². The largest absolute Gasteiger partial charge is 0.335 e. The van der Waals surface area contributed by atoms with Gasteiger partial charge in [-0.2, -0.15) is 0 Å². The number of hydrogen-bond acceptors (Lipinski definition) is 5. The van der Waals surface area contributed by atoms with Gasteiger partial charge in [0.2, 0.25) is 11.8 Å². The average Bonchev–Trinajstić information content (AvgIpc) is 2.38. The highest BCUT2D eigenvalue weighted by Gasteiger charge is 2.25. The SMILES string of the molecule is CCOP(=O)(Cc1cccc(N(C(C)=O)C(C)=O)c1)OCC. The minimum Gasteiger partial charge on any atom is -0.309 e. The number of rotatable bonds is 7. The molecule has 0 atom stereocenters. The Morgan fingerprint density at radius 2 is 1.64 bits per heavy atom. The van der Waals surface area contributed by atoms with Gasteiger partial charge >= 0.3 is 7.60 Å². The predicted molar refractivity (Wildman–Crippen MR) is 84.8 cm³/mol. The molecule has 0 bridgehead atoms. The second-order valence-corrected chi connectivity index (χ2v) is 6.70. The summed E-state index contributed by atoms with van der Waals surface area (Å²) in [5, 5.41) is 0. The van der Waals surface area contributed by atoms with Crippen LogP contribution in [0.15, 0.2) is 24.3 Å². The van der Waals surface area contributed by atoms with Gasteiger partial charge < -0.3 is 9.05 Å². The fourth-order valence-electron chi connectivity index (χ4n) is 2.12. The topological polar surface area (TPSA) is 72.9 Å². The molecular formula is C15H22NO5P. The molecule has 0 aliphatic heterocycles. The summed E-state index contributed by atoms with van der Waals surface area (Å²) in [7, 11) is -3.23. The molecule has 1 aromatic carbocycles. The minimum absolute atomic E-state index is 0.0895. The molecule has 22 heavy (non-hydrogen) atoms. The van der Waals surface area contributed by atoms with Crippen LogP contribution in [0.1, 0.15) is 33.3 Å². The van der Waals surface area contributed by atoms with Gasteiger partial charge in [-0.3, -0.25) is 19.1 Å². The van der Waals surface area contributed by atoms with Gasteiger partial charge in [-0.15, -0.1) is 0 Å². The monoisotopic (exact) mass is 327 g/mol. The Morgan fingerprint density at radius 1 is 1.09 bits per heavy atom. The molecule has 0 saturated heterocycles. The van der Waals surface area contributed by atoms with Crippen molar-refractivity contribution in [3.8, 4) is 0 Å². The van der Waals surface area contributed by atoms with Crippen LogP contribution in [0.3, 0.4) is 0 Å². The lowest BCUT2D eigenvalue weighted by molar-refractivity contribution is -0.124. The third-order valence-electron chi connectivity index (χ3n) is 2.83. The molecule has 0 unspecified atom stereocenters. The zero-order chi connectivity index (χ0) is 16.8. The molecule has 1 rings (SSSR count). The van der Waals surface area contributed by atoms with Crippen molar-refractivity contribution in [1.82, 2.24) is 0 Å². The van der Waals surface area contributed by atoms with Crippen molar-refractivity contribution in [1.29, 1.82) is 0 Å². The molecule has 0 aromatic heterocycles. The van der Waals surface area contributed by atoms with Crippen LogP contribution in [-0.2, 0) is 29.4 Å². The van der Waals surface area contributed by atoms with E-state index >= 15 is 0 Å². The van der Waals surface area contributed by atoms with Crippen molar-refractivity contribution in [2.45, 2.75) is 33.9 Å². The van der Waals surface area contributed by atoms with Crippen molar-refractivity contribution in [2.75, 3.05) is 18.1 Å². The Hall–Kier alpha value is -1.49. The zero-order valence-corrected chi connectivity index (χ0v) is 14.3. The molecule has 0 fully saturated rings. The first-order chi connectivity index (χ1) is 10.3. The summed E-state index contributed by atoms with van der Waals surface area (Å²) in [5.74, 6) is -0.745. The summed E-state index contributed by atoms with van der Waals surface area (Å²) in [6, 6.07) is 6.75. The summed E-state index contributed by atoms with van der Waals surface area (Å²) >= 11 is 0. The summed E-state index contributed by atoms with van der Waals surface area (Å²) in [5.41, 5.74) is 1.12. The molecule has 0 saturated carbocycles. The van der Waals surface area contributed by atoms with Gasteiger partial charge in [-0.05, 0) is 31.5 Å². The number of carbonyl (C=O) groups is 2. The first-order valence-corrected chi connectivity index (χ1v) is 8.84. The summed E-state index contributed by atoms with van der Waals surface area (Å²) in [6.45, 7) is 6.69. The van der Waals surface area contributed by atoms with Crippen LogP contribution in [0.4, 0.5) is 5.69 Å². The van der Waals surface area contributed by atoms with Gasteiger partial charge in [0.15, 0.2) is 0 Å². The van der Waals surface area contributed by atoms with E-state index < -0.39 is 7.60 Å². The standard InChI is InChI=1S/C15H22NO5P/c1-5-20-22(19,21-6-2)11-14-8-7-9-15(10-14)16(12(3)17)13(4)18/h7-10H,5-6,11H2,1-4H3. The van der Waals surface area contributed by atoms with Crippen LogP contribution < -0.4 is 4.90 Å². The summed E-state index contributed by atoms with van der Waals surface area (Å²) in [6.07, 6.45) is 0.0895. The van der Waals surface area contributed by atoms with E-state index in [9.17, 15) is 14.2 Å². The smallest absolute Gasteiger partial charge is 0.309 e. The van der Waals surface area contributed by atoms with Gasteiger partial charge in [-0.1, -0.05) is 12.1 Å². The molecule has 0 heterocycles. The molecule has 7 heteroatoms.